The third-order valence-corrected chi connectivity index (χ3v) is 3.45. The van der Waals surface area contributed by atoms with E-state index in [2.05, 4.69) is 5.32 Å². The summed E-state index contributed by atoms with van der Waals surface area (Å²) in [4.78, 5) is 13.4. The van der Waals surface area contributed by atoms with E-state index < -0.39 is 0 Å². The van der Waals surface area contributed by atoms with Crippen LogP contribution in [0.2, 0.25) is 10.0 Å². The average Bonchev–Trinajstić information content (AvgIpc) is 2.42. The zero-order valence-corrected chi connectivity index (χ0v) is 13.2. The van der Waals surface area contributed by atoms with Gasteiger partial charge in [-0.15, -0.1) is 0 Å². The number of hydrogen-bond donors (Lipinski definition) is 2. The van der Waals surface area contributed by atoms with Crippen molar-refractivity contribution < 1.29 is 4.79 Å². The number of anilines is 3. The highest BCUT2D eigenvalue weighted by atomic mass is 35.5. The molecule has 3 N–H and O–H groups in total. The summed E-state index contributed by atoms with van der Waals surface area (Å²) in [7, 11) is 3.39. The second-order valence-electron chi connectivity index (χ2n) is 4.75. The number of carbonyl (C=O) groups excluding carboxylic acids is 1. The van der Waals surface area contributed by atoms with Gasteiger partial charge in [0.2, 0.25) is 0 Å². The number of halogens is 2. The summed E-state index contributed by atoms with van der Waals surface area (Å²) in [6.07, 6.45) is 0. The molecule has 4 nitrogen and oxygen atoms in total. The molecule has 0 aliphatic rings. The molecule has 2 rings (SSSR count). The standard InChI is InChI=1S/C15H15Cl2N3O/c1-20(2)15(21)9-3-5-14(12(18)7-9)19-13-6-4-10(16)8-11(13)17/h3-8,19H,18H2,1-2H3. The van der Waals surface area contributed by atoms with Crippen LogP contribution < -0.4 is 11.1 Å². The number of amides is 1. The van der Waals surface area contributed by atoms with Crippen molar-refractivity contribution in [1.29, 1.82) is 0 Å². The number of rotatable bonds is 3. The van der Waals surface area contributed by atoms with Crippen LogP contribution in [0.4, 0.5) is 17.1 Å². The van der Waals surface area contributed by atoms with Crippen molar-refractivity contribution in [3.63, 3.8) is 0 Å². The Morgan fingerprint density at radius 3 is 2.33 bits per heavy atom. The molecule has 0 aliphatic heterocycles. The van der Waals surface area contributed by atoms with Gasteiger partial charge in [0.15, 0.2) is 0 Å². The lowest BCUT2D eigenvalue weighted by molar-refractivity contribution is 0.0827. The van der Waals surface area contributed by atoms with E-state index >= 15 is 0 Å². The van der Waals surface area contributed by atoms with Crippen molar-refractivity contribution in [3.8, 4) is 0 Å². The molecule has 0 bridgehead atoms. The quantitative estimate of drug-likeness (QED) is 0.838. The number of nitrogens with zero attached hydrogens (tertiary/aromatic N) is 1. The van der Waals surface area contributed by atoms with Crippen LogP contribution in [0.15, 0.2) is 36.4 Å². The van der Waals surface area contributed by atoms with E-state index in [0.29, 0.717) is 32.7 Å². The average molecular weight is 324 g/mol. The summed E-state index contributed by atoms with van der Waals surface area (Å²) in [5.41, 5.74) is 8.35. The minimum absolute atomic E-state index is 0.0993. The molecule has 0 spiro atoms. The Bertz CT molecular complexity index is 687. The van der Waals surface area contributed by atoms with Gasteiger partial charge in [0.05, 0.1) is 22.1 Å². The maximum Gasteiger partial charge on any atom is 0.253 e. The van der Waals surface area contributed by atoms with E-state index in [1.165, 1.54) is 4.90 Å². The molecule has 0 aliphatic carbocycles. The van der Waals surface area contributed by atoms with Gasteiger partial charge in [0.1, 0.15) is 0 Å². The molecular weight excluding hydrogens is 309 g/mol. The fraction of sp³-hybridized carbons (Fsp3) is 0.133. The second kappa shape index (κ2) is 6.24. The molecule has 21 heavy (non-hydrogen) atoms. The van der Waals surface area contributed by atoms with Crippen LogP contribution in [0.3, 0.4) is 0 Å². The Morgan fingerprint density at radius 1 is 1.10 bits per heavy atom. The summed E-state index contributed by atoms with van der Waals surface area (Å²) in [5.74, 6) is -0.0993. The minimum Gasteiger partial charge on any atom is -0.397 e. The van der Waals surface area contributed by atoms with Gasteiger partial charge in [-0.2, -0.15) is 0 Å². The van der Waals surface area contributed by atoms with Crippen LogP contribution >= 0.6 is 23.2 Å². The Kier molecular flexibility index (Phi) is 4.60. The summed E-state index contributed by atoms with van der Waals surface area (Å²) in [6, 6.07) is 10.2. The van der Waals surface area contributed by atoms with E-state index in [0.717, 1.165) is 0 Å². The van der Waals surface area contributed by atoms with E-state index in [1.807, 2.05) is 0 Å². The van der Waals surface area contributed by atoms with Crippen LogP contribution in [-0.4, -0.2) is 24.9 Å². The van der Waals surface area contributed by atoms with E-state index in [9.17, 15) is 4.79 Å². The second-order valence-corrected chi connectivity index (χ2v) is 5.59. The van der Waals surface area contributed by atoms with Gasteiger partial charge in [0, 0.05) is 24.7 Å². The summed E-state index contributed by atoms with van der Waals surface area (Å²) in [6.45, 7) is 0. The van der Waals surface area contributed by atoms with Gasteiger partial charge in [-0.25, -0.2) is 0 Å². The maximum atomic E-state index is 11.9. The lowest BCUT2D eigenvalue weighted by atomic mass is 10.1. The number of nitrogens with two attached hydrogens (primary N) is 1. The van der Waals surface area contributed by atoms with Crippen molar-refractivity contribution in [2.45, 2.75) is 0 Å². The lowest BCUT2D eigenvalue weighted by Gasteiger charge is -2.14. The van der Waals surface area contributed by atoms with Gasteiger partial charge in [0.25, 0.3) is 5.91 Å². The number of carbonyl (C=O) groups is 1. The van der Waals surface area contributed by atoms with Gasteiger partial charge < -0.3 is 16.0 Å². The Hall–Kier alpha value is -1.91. The SMILES string of the molecule is CN(C)C(=O)c1ccc(Nc2ccc(Cl)cc2Cl)c(N)c1. The van der Waals surface area contributed by atoms with Crippen molar-refractivity contribution in [3.05, 3.63) is 52.0 Å². The van der Waals surface area contributed by atoms with E-state index in [-0.39, 0.29) is 5.91 Å². The van der Waals surface area contributed by atoms with Crippen molar-refractivity contribution in [2.24, 2.45) is 0 Å². The van der Waals surface area contributed by atoms with Crippen molar-refractivity contribution >= 4 is 46.2 Å². The minimum atomic E-state index is -0.0993. The van der Waals surface area contributed by atoms with Gasteiger partial charge in [-0.3, -0.25) is 4.79 Å². The summed E-state index contributed by atoms with van der Waals surface area (Å²) < 4.78 is 0. The molecule has 2 aromatic carbocycles. The highest BCUT2D eigenvalue weighted by Crippen LogP contribution is 2.31. The highest BCUT2D eigenvalue weighted by molar-refractivity contribution is 6.36. The molecule has 110 valence electrons. The third kappa shape index (κ3) is 3.60. The Morgan fingerprint density at radius 2 is 1.76 bits per heavy atom. The van der Waals surface area contributed by atoms with Gasteiger partial charge in [-0.05, 0) is 36.4 Å². The first-order chi connectivity index (χ1) is 9.88. The van der Waals surface area contributed by atoms with E-state index in [1.54, 1.807) is 50.5 Å². The largest absolute Gasteiger partial charge is 0.397 e. The molecule has 0 fully saturated rings. The smallest absolute Gasteiger partial charge is 0.253 e. The number of nitrogens with one attached hydrogen (secondary N) is 1. The normalized spacial score (nSPS) is 10.3. The van der Waals surface area contributed by atoms with Crippen LogP contribution in [-0.2, 0) is 0 Å². The van der Waals surface area contributed by atoms with Crippen LogP contribution in [0, 0.1) is 0 Å². The number of benzene rings is 2. The van der Waals surface area contributed by atoms with E-state index in [4.69, 9.17) is 28.9 Å². The molecule has 0 saturated heterocycles. The Labute approximate surface area is 133 Å². The topological polar surface area (TPSA) is 58.4 Å². The fourth-order valence-electron chi connectivity index (χ4n) is 1.80. The monoisotopic (exact) mass is 323 g/mol. The summed E-state index contributed by atoms with van der Waals surface area (Å²) >= 11 is 12.0. The molecule has 0 aromatic heterocycles. The molecular formula is C15H15Cl2N3O. The lowest BCUT2D eigenvalue weighted by Crippen LogP contribution is -2.21. The third-order valence-electron chi connectivity index (χ3n) is 2.91. The summed E-state index contributed by atoms with van der Waals surface area (Å²) in [5, 5.41) is 4.18. The molecule has 0 heterocycles. The first-order valence-corrected chi connectivity index (χ1v) is 6.97. The first-order valence-electron chi connectivity index (χ1n) is 6.21. The molecule has 0 saturated carbocycles. The van der Waals surface area contributed by atoms with Gasteiger partial charge >= 0.3 is 0 Å². The fourth-order valence-corrected chi connectivity index (χ4v) is 2.26. The predicted molar refractivity (Wildman–Crippen MR) is 88.6 cm³/mol. The van der Waals surface area contributed by atoms with Crippen molar-refractivity contribution in [1.82, 2.24) is 4.90 Å². The Balaban J connectivity index is 2.27. The molecule has 6 heteroatoms. The molecule has 0 radical (unpaired) electrons. The van der Waals surface area contributed by atoms with Gasteiger partial charge in [-0.1, -0.05) is 23.2 Å². The zero-order chi connectivity index (χ0) is 15.6. The first kappa shape index (κ1) is 15.5. The molecule has 0 unspecified atom stereocenters. The van der Waals surface area contributed by atoms with Crippen LogP contribution in [0.1, 0.15) is 10.4 Å². The predicted octanol–water partition coefficient (Wildman–Crippen LogP) is 4.02. The maximum absolute atomic E-state index is 11.9. The zero-order valence-electron chi connectivity index (χ0n) is 11.7. The molecule has 0 atom stereocenters. The highest BCUT2D eigenvalue weighted by Gasteiger charge is 2.11. The molecule has 1 amide bonds. The number of nitrogen functional groups attached to an aromatic ring is 1. The number of hydrogen-bond acceptors (Lipinski definition) is 3. The van der Waals surface area contributed by atoms with Crippen molar-refractivity contribution in [2.75, 3.05) is 25.1 Å². The molecule has 2 aromatic rings. The van der Waals surface area contributed by atoms with Crippen LogP contribution in [0.5, 0.6) is 0 Å². The van der Waals surface area contributed by atoms with Crippen LogP contribution in [0.25, 0.3) is 0 Å².